The van der Waals surface area contributed by atoms with E-state index in [1.807, 2.05) is 18.2 Å². The predicted molar refractivity (Wildman–Crippen MR) is 143 cm³/mol. The van der Waals surface area contributed by atoms with E-state index in [1.165, 1.54) is 28.6 Å². The molecule has 3 aromatic carbocycles. The first-order valence-electron chi connectivity index (χ1n) is 10.7. The molecule has 0 aliphatic heterocycles. The summed E-state index contributed by atoms with van der Waals surface area (Å²) in [6.07, 6.45) is 1.56. The van der Waals surface area contributed by atoms with Gasteiger partial charge in [-0.2, -0.15) is 4.31 Å². The lowest BCUT2D eigenvalue weighted by Crippen LogP contribution is -2.30. The molecule has 0 aliphatic rings. The predicted octanol–water partition coefficient (Wildman–Crippen LogP) is 7.39. The summed E-state index contributed by atoms with van der Waals surface area (Å²) in [6, 6.07) is 21.7. The zero-order valence-corrected chi connectivity index (χ0v) is 22.2. The van der Waals surface area contributed by atoms with Crippen LogP contribution in [0.1, 0.15) is 17.1 Å². The third-order valence-corrected chi connectivity index (χ3v) is 8.00. The van der Waals surface area contributed by atoms with Crippen molar-refractivity contribution in [2.24, 2.45) is 4.99 Å². The Kier molecular flexibility index (Phi) is 8.39. The summed E-state index contributed by atoms with van der Waals surface area (Å²) in [5, 5.41) is 1.17. The number of aliphatic imine (C=N–C) groups is 1. The molecule has 4 aromatic rings. The normalized spacial score (nSPS) is 11.9. The summed E-state index contributed by atoms with van der Waals surface area (Å²) in [5.41, 5.74) is 1.37. The number of benzene rings is 3. The smallest absolute Gasteiger partial charge is 0.243 e. The van der Waals surface area contributed by atoms with Crippen LogP contribution in [0.4, 0.5) is 5.69 Å². The molecule has 0 spiro atoms. The van der Waals surface area contributed by atoms with Gasteiger partial charge in [-0.1, -0.05) is 46.9 Å². The maximum atomic E-state index is 13.5. The van der Waals surface area contributed by atoms with E-state index in [-0.39, 0.29) is 18.0 Å². The number of halogens is 3. The summed E-state index contributed by atoms with van der Waals surface area (Å²) in [5.74, 6) is 1.61. The second-order valence-corrected chi connectivity index (χ2v) is 10.9. The highest BCUT2D eigenvalue weighted by atomic mass is 35.5. The summed E-state index contributed by atoms with van der Waals surface area (Å²) in [6.45, 7) is 0.0357. The minimum atomic E-state index is -3.90. The Bertz CT molecular complexity index is 1490. The first kappa shape index (κ1) is 26.3. The monoisotopic (exact) mass is 562 g/mol. The zero-order chi connectivity index (χ0) is 25.7. The van der Waals surface area contributed by atoms with Crippen molar-refractivity contribution in [3.05, 3.63) is 111 Å². The van der Waals surface area contributed by atoms with E-state index < -0.39 is 10.0 Å². The van der Waals surface area contributed by atoms with Crippen molar-refractivity contribution in [2.75, 3.05) is 7.11 Å². The molecule has 0 saturated heterocycles. The molecule has 10 heteroatoms. The molecule has 0 aliphatic carbocycles. The number of nitrogens with zero attached hydrogens (tertiary/aromatic N) is 2. The fourth-order valence-electron chi connectivity index (χ4n) is 3.37. The Labute approximate surface area is 224 Å². The van der Waals surface area contributed by atoms with Crippen LogP contribution >= 0.6 is 34.8 Å². The highest BCUT2D eigenvalue weighted by molar-refractivity contribution is 7.89. The van der Waals surface area contributed by atoms with Crippen LogP contribution in [0.5, 0.6) is 5.75 Å². The maximum absolute atomic E-state index is 13.5. The van der Waals surface area contributed by atoms with Gasteiger partial charge in [0.05, 0.1) is 40.5 Å². The molecule has 36 heavy (non-hydrogen) atoms. The van der Waals surface area contributed by atoms with Gasteiger partial charge in [0, 0.05) is 17.6 Å². The van der Waals surface area contributed by atoms with Gasteiger partial charge in [0.25, 0.3) is 0 Å². The van der Waals surface area contributed by atoms with Crippen molar-refractivity contribution >= 4 is 56.7 Å². The Morgan fingerprint density at radius 1 is 0.917 bits per heavy atom. The van der Waals surface area contributed by atoms with Crippen molar-refractivity contribution in [2.45, 2.75) is 18.0 Å². The summed E-state index contributed by atoms with van der Waals surface area (Å²) in [7, 11) is -2.31. The summed E-state index contributed by atoms with van der Waals surface area (Å²) >= 11 is 18.1. The molecule has 1 aromatic heterocycles. The molecule has 0 N–H and O–H groups in total. The Morgan fingerprint density at radius 2 is 1.69 bits per heavy atom. The van der Waals surface area contributed by atoms with Crippen LogP contribution < -0.4 is 4.74 Å². The van der Waals surface area contributed by atoms with Crippen LogP contribution in [0.2, 0.25) is 15.1 Å². The fourth-order valence-corrected chi connectivity index (χ4v) is 5.22. The van der Waals surface area contributed by atoms with Gasteiger partial charge in [-0.25, -0.2) is 8.42 Å². The Morgan fingerprint density at radius 3 is 2.42 bits per heavy atom. The molecule has 0 atom stereocenters. The number of hydrogen-bond acceptors (Lipinski definition) is 5. The maximum Gasteiger partial charge on any atom is 0.243 e. The number of methoxy groups -OCH3 is 1. The van der Waals surface area contributed by atoms with Crippen LogP contribution in [0.25, 0.3) is 0 Å². The Balaban J connectivity index is 1.60. The molecular formula is C26H21Cl3N2O4S. The number of ether oxygens (including phenoxy) is 1. The third-order valence-electron chi connectivity index (χ3n) is 5.20. The molecule has 186 valence electrons. The van der Waals surface area contributed by atoms with Gasteiger partial charge in [-0.05, 0) is 66.2 Å². The zero-order valence-electron chi connectivity index (χ0n) is 19.1. The van der Waals surface area contributed by atoms with Crippen LogP contribution in [0, 0.1) is 0 Å². The van der Waals surface area contributed by atoms with Gasteiger partial charge in [-0.15, -0.1) is 0 Å². The summed E-state index contributed by atoms with van der Waals surface area (Å²) in [4.78, 5) is 4.51. The van der Waals surface area contributed by atoms with Crippen LogP contribution in [-0.4, -0.2) is 26.0 Å². The first-order chi connectivity index (χ1) is 17.2. The quantitative estimate of drug-likeness (QED) is 0.199. The van der Waals surface area contributed by atoms with Gasteiger partial charge < -0.3 is 9.15 Å². The molecule has 1 heterocycles. The van der Waals surface area contributed by atoms with Crippen molar-refractivity contribution in [3.8, 4) is 5.75 Å². The molecule has 0 fully saturated rings. The lowest BCUT2D eigenvalue weighted by Gasteiger charge is -2.22. The lowest BCUT2D eigenvalue weighted by molar-refractivity contribution is 0.357. The number of sulfonamides is 1. The largest absolute Gasteiger partial charge is 0.497 e. The molecule has 0 amide bonds. The fraction of sp³-hybridized carbons (Fsp3) is 0.115. The molecular weight excluding hydrogens is 543 g/mol. The highest BCUT2D eigenvalue weighted by Gasteiger charge is 2.26. The van der Waals surface area contributed by atoms with E-state index in [0.717, 1.165) is 0 Å². The molecule has 0 bridgehead atoms. The van der Waals surface area contributed by atoms with Crippen molar-refractivity contribution in [1.82, 2.24) is 4.31 Å². The van der Waals surface area contributed by atoms with Gasteiger partial charge >= 0.3 is 0 Å². The van der Waals surface area contributed by atoms with E-state index in [2.05, 4.69) is 4.99 Å². The SMILES string of the molecule is COc1cccc(N=Cc2ccc(CN(Cc3ccc(Cl)c(Cl)c3)S(=O)(=O)c3ccc(Cl)cc3)o2)c1. The van der Waals surface area contributed by atoms with Gasteiger partial charge in [-0.3, -0.25) is 4.99 Å². The molecule has 0 radical (unpaired) electrons. The van der Waals surface area contributed by atoms with E-state index in [0.29, 0.717) is 43.6 Å². The standard InChI is InChI=1S/C26H21Cl3N2O4S/c1-34-21-4-2-3-20(14-21)30-15-22-8-9-23(35-22)17-31(16-18-5-12-25(28)26(29)13-18)36(32,33)24-10-6-19(27)7-11-24/h2-15H,16-17H2,1H3. The van der Waals surface area contributed by atoms with Crippen molar-refractivity contribution < 1.29 is 17.6 Å². The second-order valence-electron chi connectivity index (χ2n) is 7.74. The van der Waals surface area contributed by atoms with Crippen LogP contribution in [0.15, 0.2) is 93.2 Å². The van der Waals surface area contributed by atoms with E-state index in [9.17, 15) is 8.42 Å². The minimum absolute atomic E-state index is 0.0157. The van der Waals surface area contributed by atoms with E-state index in [1.54, 1.807) is 49.7 Å². The van der Waals surface area contributed by atoms with Gasteiger partial charge in [0.15, 0.2) is 0 Å². The number of furan rings is 1. The molecule has 0 saturated carbocycles. The van der Waals surface area contributed by atoms with E-state index in [4.69, 9.17) is 44.0 Å². The van der Waals surface area contributed by atoms with E-state index >= 15 is 0 Å². The average molecular weight is 564 g/mol. The first-order valence-corrected chi connectivity index (χ1v) is 13.3. The van der Waals surface area contributed by atoms with Gasteiger partial charge in [0.1, 0.15) is 17.3 Å². The molecule has 0 unspecified atom stereocenters. The summed E-state index contributed by atoms with van der Waals surface area (Å²) < 4.78 is 39.4. The number of hydrogen-bond donors (Lipinski definition) is 0. The number of rotatable bonds is 9. The molecule has 4 rings (SSSR count). The molecule has 6 nitrogen and oxygen atoms in total. The average Bonchev–Trinajstić information content (AvgIpc) is 3.32. The van der Waals surface area contributed by atoms with Crippen molar-refractivity contribution in [1.29, 1.82) is 0 Å². The van der Waals surface area contributed by atoms with Crippen molar-refractivity contribution in [3.63, 3.8) is 0 Å². The minimum Gasteiger partial charge on any atom is -0.497 e. The Hall–Kier alpha value is -2.81. The van der Waals surface area contributed by atoms with Crippen LogP contribution in [-0.2, 0) is 23.1 Å². The second kappa shape index (κ2) is 11.5. The lowest BCUT2D eigenvalue weighted by atomic mass is 10.2. The highest BCUT2D eigenvalue weighted by Crippen LogP contribution is 2.27. The van der Waals surface area contributed by atoms with Crippen LogP contribution in [0.3, 0.4) is 0 Å². The topological polar surface area (TPSA) is 72.1 Å². The van der Waals surface area contributed by atoms with Gasteiger partial charge in [0.2, 0.25) is 10.0 Å². The third kappa shape index (κ3) is 6.49.